The van der Waals surface area contributed by atoms with Crippen LogP contribution in [0, 0.1) is 0 Å². The van der Waals surface area contributed by atoms with E-state index in [9.17, 15) is 4.79 Å². The van der Waals surface area contributed by atoms with Crippen molar-refractivity contribution in [3.05, 3.63) is 75.5 Å². The largest absolute Gasteiger partial charge is 0.497 e. The number of nitrogens with zero attached hydrogens (tertiary/aromatic N) is 2. The molecule has 0 atom stereocenters. The van der Waals surface area contributed by atoms with Crippen molar-refractivity contribution in [2.75, 3.05) is 12.5 Å². The third-order valence-corrected chi connectivity index (χ3v) is 5.94. The van der Waals surface area contributed by atoms with Crippen molar-refractivity contribution in [3.8, 4) is 17.0 Å². The van der Waals surface area contributed by atoms with E-state index in [0.717, 1.165) is 30.4 Å². The van der Waals surface area contributed by atoms with Gasteiger partial charge in [0.05, 0.1) is 24.1 Å². The molecule has 2 heterocycles. The Balaban J connectivity index is 1.44. The van der Waals surface area contributed by atoms with Gasteiger partial charge in [-0.05, 0) is 49.1 Å². The van der Waals surface area contributed by atoms with Crippen molar-refractivity contribution >= 4 is 33.1 Å². The molecule has 6 nitrogen and oxygen atoms in total. The Morgan fingerprint density at radius 3 is 2.93 bits per heavy atom. The number of benzene rings is 2. The van der Waals surface area contributed by atoms with Crippen LogP contribution in [-0.4, -0.2) is 17.8 Å². The van der Waals surface area contributed by atoms with Crippen LogP contribution in [-0.2, 0) is 6.42 Å². The molecule has 1 aliphatic rings. The quantitative estimate of drug-likeness (QED) is 0.370. The van der Waals surface area contributed by atoms with Crippen LogP contribution in [0.4, 0.5) is 5.13 Å². The zero-order valence-electron chi connectivity index (χ0n) is 16.3. The first kappa shape index (κ1) is 18.6. The predicted molar refractivity (Wildman–Crippen MR) is 120 cm³/mol. The highest BCUT2D eigenvalue weighted by Crippen LogP contribution is 2.28. The molecular formula is C23H19N3O3S. The van der Waals surface area contributed by atoms with Crippen LogP contribution in [0.15, 0.2) is 68.2 Å². The third kappa shape index (κ3) is 3.48. The second-order valence-electron chi connectivity index (χ2n) is 7.07. The van der Waals surface area contributed by atoms with Gasteiger partial charge in [-0.2, -0.15) is 5.10 Å². The van der Waals surface area contributed by atoms with Crippen LogP contribution in [0.25, 0.3) is 22.2 Å². The highest BCUT2D eigenvalue weighted by molar-refractivity contribution is 7.14. The first-order valence-electron chi connectivity index (χ1n) is 9.70. The maximum atomic E-state index is 12.5. The molecule has 0 saturated heterocycles. The zero-order valence-corrected chi connectivity index (χ0v) is 17.2. The summed E-state index contributed by atoms with van der Waals surface area (Å²) in [6.45, 7) is 0. The molecule has 0 saturated carbocycles. The number of nitrogens with one attached hydrogen (secondary N) is 1. The van der Waals surface area contributed by atoms with Crippen LogP contribution in [0.1, 0.15) is 24.0 Å². The van der Waals surface area contributed by atoms with Gasteiger partial charge in [0, 0.05) is 16.3 Å². The summed E-state index contributed by atoms with van der Waals surface area (Å²) in [5.74, 6) is 0.700. The number of anilines is 1. The summed E-state index contributed by atoms with van der Waals surface area (Å²) in [7, 11) is 1.60. The molecule has 150 valence electrons. The SMILES string of the molecule is COc1ccc2oc(=O)c(-c3csc(N/N=C4\CCCc5ccccc54)n3)cc2c1. The molecule has 1 aliphatic carbocycles. The minimum absolute atomic E-state index is 0.413. The highest BCUT2D eigenvalue weighted by atomic mass is 32.1. The second kappa shape index (κ2) is 7.76. The van der Waals surface area contributed by atoms with E-state index in [1.165, 1.54) is 22.5 Å². The number of thiazole rings is 1. The van der Waals surface area contributed by atoms with Crippen molar-refractivity contribution < 1.29 is 9.15 Å². The minimum atomic E-state index is -0.419. The molecule has 0 unspecified atom stereocenters. The van der Waals surface area contributed by atoms with Gasteiger partial charge in [-0.3, -0.25) is 5.43 Å². The number of hydrazone groups is 1. The average molecular weight is 417 g/mol. The lowest BCUT2D eigenvalue weighted by Gasteiger charge is -2.17. The van der Waals surface area contributed by atoms with Crippen LogP contribution < -0.4 is 15.8 Å². The normalized spacial score (nSPS) is 14.6. The van der Waals surface area contributed by atoms with Gasteiger partial charge >= 0.3 is 5.63 Å². The monoisotopic (exact) mass is 417 g/mol. The first-order chi connectivity index (χ1) is 14.7. The Morgan fingerprint density at radius 1 is 1.13 bits per heavy atom. The highest BCUT2D eigenvalue weighted by Gasteiger charge is 2.16. The van der Waals surface area contributed by atoms with Gasteiger partial charge in [-0.15, -0.1) is 11.3 Å². The summed E-state index contributed by atoms with van der Waals surface area (Å²) in [6, 6.07) is 15.5. The van der Waals surface area contributed by atoms with Crippen LogP contribution >= 0.6 is 11.3 Å². The van der Waals surface area contributed by atoms with Crippen LogP contribution in [0.2, 0.25) is 0 Å². The lowest BCUT2D eigenvalue weighted by molar-refractivity contribution is 0.415. The van der Waals surface area contributed by atoms with E-state index in [2.05, 4.69) is 33.7 Å². The molecule has 0 fully saturated rings. The number of ether oxygens (including phenoxy) is 1. The topological polar surface area (TPSA) is 76.7 Å². The number of rotatable bonds is 4. The molecule has 0 radical (unpaired) electrons. The molecule has 0 amide bonds. The Kier molecular flexibility index (Phi) is 4.80. The number of aryl methyl sites for hydroxylation is 1. The van der Waals surface area contributed by atoms with Crippen molar-refractivity contribution in [2.24, 2.45) is 5.10 Å². The van der Waals surface area contributed by atoms with E-state index in [0.29, 0.717) is 27.7 Å². The van der Waals surface area contributed by atoms with E-state index in [1.807, 2.05) is 17.5 Å². The van der Waals surface area contributed by atoms with Crippen LogP contribution in [0.3, 0.4) is 0 Å². The number of methoxy groups -OCH3 is 1. The summed E-state index contributed by atoms with van der Waals surface area (Å²) < 4.78 is 10.7. The Hall–Kier alpha value is -3.45. The summed E-state index contributed by atoms with van der Waals surface area (Å²) in [4.78, 5) is 17.0. The second-order valence-corrected chi connectivity index (χ2v) is 7.93. The number of fused-ring (bicyclic) bond motifs is 2. The van der Waals surface area contributed by atoms with E-state index in [1.54, 1.807) is 25.3 Å². The molecule has 1 N–H and O–H groups in total. The smallest absolute Gasteiger partial charge is 0.345 e. The standard InChI is InChI=1S/C23H19N3O3S/c1-28-16-9-10-21-15(11-16)12-18(22(27)29-21)20-13-30-23(24-20)26-25-19-8-4-6-14-5-2-3-7-17(14)19/h2-3,5,7,9-13H,4,6,8H2,1H3,(H,24,26)/b25-19+. The Bertz CT molecular complexity index is 1320. The number of hydrogen-bond donors (Lipinski definition) is 1. The molecular weight excluding hydrogens is 398 g/mol. The minimum Gasteiger partial charge on any atom is -0.497 e. The fourth-order valence-electron chi connectivity index (χ4n) is 3.69. The maximum Gasteiger partial charge on any atom is 0.345 e. The van der Waals surface area contributed by atoms with E-state index >= 15 is 0 Å². The number of aromatic nitrogens is 1. The van der Waals surface area contributed by atoms with Gasteiger partial charge in [-0.1, -0.05) is 24.3 Å². The van der Waals surface area contributed by atoms with E-state index in [-0.39, 0.29) is 0 Å². The van der Waals surface area contributed by atoms with Crippen molar-refractivity contribution in [3.63, 3.8) is 0 Å². The zero-order chi connectivity index (χ0) is 20.5. The predicted octanol–water partition coefficient (Wildman–Crippen LogP) is 5.08. The Morgan fingerprint density at radius 2 is 2.03 bits per heavy atom. The molecule has 5 rings (SSSR count). The lowest BCUT2D eigenvalue weighted by Crippen LogP contribution is -2.13. The van der Waals surface area contributed by atoms with E-state index < -0.39 is 5.63 Å². The van der Waals surface area contributed by atoms with Gasteiger partial charge in [0.15, 0.2) is 0 Å². The van der Waals surface area contributed by atoms with Gasteiger partial charge < -0.3 is 9.15 Å². The maximum absolute atomic E-state index is 12.5. The van der Waals surface area contributed by atoms with Gasteiger partial charge in [0.1, 0.15) is 11.3 Å². The summed E-state index contributed by atoms with van der Waals surface area (Å²) in [5, 5.41) is 7.84. The third-order valence-electron chi connectivity index (χ3n) is 5.19. The molecule has 0 bridgehead atoms. The molecule has 4 aromatic rings. The van der Waals surface area contributed by atoms with E-state index in [4.69, 9.17) is 9.15 Å². The average Bonchev–Trinajstić information content (AvgIpc) is 3.25. The lowest BCUT2D eigenvalue weighted by atomic mass is 9.90. The molecule has 7 heteroatoms. The van der Waals surface area contributed by atoms with Gasteiger partial charge in [0.25, 0.3) is 0 Å². The van der Waals surface area contributed by atoms with Crippen molar-refractivity contribution in [2.45, 2.75) is 19.3 Å². The fraction of sp³-hybridized carbons (Fsp3) is 0.174. The molecule has 0 spiro atoms. The summed E-state index contributed by atoms with van der Waals surface area (Å²) in [5.41, 5.74) is 7.68. The first-order valence-corrected chi connectivity index (χ1v) is 10.6. The van der Waals surface area contributed by atoms with Gasteiger partial charge in [0.2, 0.25) is 5.13 Å². The number of hydrogen-bond acceptors (Lipinski definition) is 7. The summed E-state index contributed by atoms with van der Waals surface area (Å²) in [6.07, 6.45) is 3.10. The fourth-order valence-corrected chi connectivity index (χ4v) is 4.34. The molecule has 30 heavy (non-hydrogen) atoms. The molecule has 0 aliphatic heterocycles. The van der Waals surface area contributed by atoms with Crippen LogP contribution in [0.5, 0.6) is 5.75 Å². The molecule has 2 aromatic heterocycles. The van der Waals surface area contributed by atoms with Crippen molar-refractivity contribution in [1.29, 1.82) is 0 Å². The Labute approximate surface area is 176 Å². The summed E-state index contributed by atoms with van der Waals surface area (Å²) >= 11 is 1.40. The molecule has 2 aromatic carbocycles. The van der Waals surface area contributed by atoms with Crippen molar-refractivity contribution in [1.82, 2.24) is 4.98 Å². The van der Waals surface area contributed by atoms with Gasteiger partial charge in [-0.25, -0.2) is 9.78 Å².